The van der Waals surface area contributed by atoms with Gasteiger partial charge in [-0.15, -0.1) is 0 Å². The van der Waals surface area contributed by atoms with Crippen molar-refractivity contribution < 1.29 is 9.90 Å². The molecule has 0 saturated heterocycles. The van der Waals surface area contributed by atoms with Crippen LogP contribution in [0.4, 0.5) is 0 Å². The predicted molar refractivity (Wildman–Crippen MR) is 63.5 cm³/mol. The molecule has 74 valence electrons. The number of hydrogen-bond donors (Lipinski definition) is 1. The van der Waals surface area contributed by atoms with Crippen molar-refractivity contribution in [1.82, 2.24) is 0 Å². The summed E-state index contributed by atoms with van der Waals surface area (Å²) < 4.78 is 1.43. The van der Waals surface area contributed by atoms with Crippen LogP contribution >= 0.6 is 43.5 Å². The average molecular weight is 340 g/mol. The molecule has 1 aromatic carbocycles. The Labute approximate surface area is 103 Å². The van der Waals surface area contributed by atoms with Crippen LogP contribution in [0.15, 0.2) is 27.2 Å². The molecule has 0 aliphatic carbocycles. The van der Waals surface area contributed by atoms with E-state index in [1.165, 1.54) is 6.08 Å². The van der Waals surface area contributed by atoms with Gasteiger partial charge in [0, 0.05) is 15.0 Å². The monoisotopic (exact) mass is 338 g/mol. The first kappa shape index (κ1) is 11.8. The molecule has 0 fully saturated rings. The lowest BCUT2D eigenvalue weighted by atomic mass is 10.2. The molecule has 0 unspecified atom stereocenters. The van der Waals surface area contributed by atoms with Gasteiger partial charge in [0.1, 0.15) is 0 Å². The van der Waals surface area contributed by atoms with Crippen molar-refractivity contribution in [2.75, 3.05) is 0 Å². The van der Waals surface area contributed by atoms with E-state index in [9.17, 15) is 4.79 Å². The quantitative estimate of drug-likeness (QED) is 0.653. The summed E-state index contributed by atoms with van der Waals surface area (Å²) in [6.07, 6.45) is 2.54. The van der Waals surface area contributed by atoms with Crippen LogP contribution in [0.25, 0.3) is 6.08 Å². The lowest BCUT2D eigenvalue weighted by molar-refractivity contribution is -0.131. The number of hydrogen-bond acceptors (Lipinski definition) is 1. The number of halogens is 3. The van der Waals surface area contributed by atoms with Crippen LogP contribution in [-0.4, -0.2) is 11.1 Å². The third-order valence-electron chi connectivity index (χ3n) is 1.47. The Morgan fingerprint density at radius 1 is 1.43 bits per heavy atom. The van der Waals surface area contributed by atoms with E-state index in [0.29, 0.717) is 9.50 Å². The maximum Gasteiger partial charge on any atom is 0.328 e. The van der Waals surface area contributed by atoms with E-state index in [1.807, 2.05) is 0 Å². The number of aliphatic carboxylic acids is 1. The number of carboxylic acid groups (broad SMARTS) is 1. The summed E-state index contributed by atoms with van der Waals surface area (Å²) in [5.41, 5.74) is 0.723. The molecule has 5 heteroatoms. The fourth-order valence-electron chi connectivity index (χ4n) is 0.831. The molecule has 0 amide bonds. The molecular formula is C9H5Br2ClO2. The predicted octanol–water partition coefficient (Wildman–Crippen LogP) is 3.96. The van der Waals surface area contributed by atoms with E-state index >= 15 is 0 Å². The minimum Gasteiger partial charge on any atom is -0.478 e. The van der Waals surface area contributed by atoms with Crippen molar-refractivity contribution in [3.63, 3.8) is 0 Å². The lowest BCUT2D eigenvalue weighted by Gasteiger charge is -2.02. The molecule has 14 heavy (non-hydrogen) atoms. The molecule has 0 spiro atoms. The van der Waals surface area contributed by atoms with E-state index < -0.39 is 5.97 Å². The molecule has 0 atom stereocenters. The molecule has 0 heterocycles. The third-order valence-corrected chi connectivity index (χ3v) is 3.83. The van der Waals surface area contributed by atoms with Crippen LogP contribution in [0.1, 0.15) is 5.56 Å². The Hall–Kier alpha value is -0.320. The van der Waals surface area contributed by atoms with E-state index in [-0.39, 0.29) is 0 Å². The molecule has 1 aromatic rings. The molecule has 0 aliphatic heterocycles. The molecule has 1 N–H and O–H groups in total. The minimum absolute atomic E-state index is 0.525. The SMILES string of the molecule is O=C(O)/C=C/c1ccc(Br)c(Cl)c1Br. The maximum absolute atomic E-state index is 10.3. The summed E-state index contributed by atoms with van der Waals surface area (Å²) in [7, 11) is 0. The summed E-state index contributed by atoms with van der Waals surface area (Å²) in [5.74, 6) is -0.990. The van der Waals surface area contributed by atoms with Gasteiger partial charge < -0.3 is 5.11 Å². The highest BCUT2D eigenvalue weighted by molar-refractivity contribution is 9.11. The molecular weight excluding hydrogens is 335 g/mol. The Bertz CT molecular complexity index is 402. The fourth-order valence-corrected chi connectivity index (χ4v) is 2.08. The molecule has 0 radical (unpaired) electrons. The zero-order chi connectivity index (χ0) is 10.7. The van der Waals surface area contributed by atoms with Gasteiger partial charge in [0.15, 0.2) is 0 Å². The van der Waals surface area contributed by atoms with Crippen molar-refractivity contribution >= 4 is 55.5 Å². The summed E-state index contributed by atoms with van der Waals surface area (Å²) >= 11 is 12.5. The molecule has 0 bridgehead atoms. The van der Waals surface area contributed by atoms with Crippen LogP contribution in [0.5, 0.6) is 0 Å². The molecule has 0 aromatic heterocycles. The van der Waals surface area contributed by atoms with Crippen molar-refractivity contribution in [2.24, 2.45) is 0 Å². The number of rotatable bonds is 2. The Morgan fingerprint density at radius 2 is 2.07 bits per heavy atom. The normalized spacial score (nSPS) is 10.8. The molecule has 1 rings (SSSR count). The largest absolute Gasteiger partial charge is 0.478 e. The smallest absolute Gasteiger partial charge is 0.328 e. The van der Waals surface area contributed by atoms with Gasteiger partial charge in [0.2, 0.25) is 0 Å². The third kappa shape index (κ3) is 2.83. The molecule has 2 nitrogen and oxygen atoms in total. The Balaban J connectivity index is 3.12. The average Bonchev–Trinajstić information content (AvgIpc) is 2.13. The van der Waals surface area contributed by atoms with Crippen LogP contribution < -0.4 is 0 Å². The van der Waals surface area contributed by atoms with Gasteiger partial charge in [0.25, 0.3) is 0 Å². The standard InChI is InChI=1S/C9H5Br2ClO2/c10-6-3-1-5(2-4-7(13)14)8(11)9(6)12/h1-4H,(H,13,14)/b4-2+. The van der Waals surface area contributed by atoms with Crippen LogP contribution in [0.2, 0.25) is 5.02 Å². The first-order valence-electron chi connectivity index (χ1n) is 3.57. The van der Waals surface area contributed by atoms with Crippen molar-refractivity contribution in [3.8, 4) is 0 Å². The van der Waals surface area contributed by atoms with E-state index in [0.717, 1.165) is 16.1 Å². The summed E-state index contributed by atoms with van der Waals surface area (Å²) in [6, 6.07) is 3.52. The highest BCUT2D eigenvalue weighted by Gasteiger charge is 2.05. The van der Waals surface area contributed by atoms with Gasteiger partial charge in [0.05, 0.1) is 5.02 Å². The van der Waals surface area contributed by atoms with Gasteiger partial charge in [-0.05, 0) is 49.6 Å². The van der Waals surface area contributed by atoms with Gasteiger partial charge in [-0.1, -0.05) is 17.7 Å². The van der Waals surface area contributed by atoms with Gasteiger partial charge in [-0.3, -0.25) is 0 Å². The highest BCUT2D eigenvalue weighted by atomic mass is 79.9. The second kappa shape index (κ2) is 4.96. The van der Waals surface area contributed by atoms with E-state index in [1.54, 1.807) is 12.1 Å². The number of carboxylic acids is 1. The highest BCUT2D eigenvalue weighted by Crippen LogP contribution is 2.33. The second-order valence-corrected chi connectivity index (χ2v) is 4.46. The van der Waals surface area contributed by atoms with Gasteiger partial charge in [-0.25, -0.2) is 4.79 Å². The van der Waals surface area contributed by atoms with Crippen molar-refractivity contribution in [1.29, 1.82) is 0 Å². The van der Waals surface area contributed by atoms with E-state index in [4.69, 9.17) is 16.7 Å². The number of carbonyl (C=O) groups is 1. The van der Waals surface area contributed by atoms with E-state index in [2.05, 4.69) is 31.9 Å². The topological polar surface area (TPSA) is 37.3 Å². The Kier molecular flexibility index (Phi) is 4.16. The van der Waals surface area contributed by atoms with Crippen molar-refractivity contribution in [3.05, 3.63) is 37.7 Å². The van der Waals surface area contributed by atoms with Gasteiger partial charge in [-0.2, -0.15) is 0 Å². The zero-order valence-electron chi connectivity index (χ0n) is 6.80. The summed E-state index contributed by atoms with van der Waals surface area (Å²) in [6.45, 7) is 0. The van der Waals surface area contributed by atoms with Gasteiger partial charge >= 0.3 is 5.97 Å². The molecule has 0 aliphatic rings. The number of benzene rings is 1. The second-order valence-electron chi connectivity index (χ2n) is 2.44. The zero-order valence-corrected chi connectivity index (χ0v) is 10.7. The first-order valence-corrected chi connectivity index (χ1v) is 5.53. The van der Waals surface area contributed by atoms with Crippen molar-refractivity contribution in [2.45, 2.75) is 0 Å². The maximum atomic E-state index is 10.3. The van der Waals surface area contributed by atoms with Crippen LogP contribution in [0.3, 0.4) is 0 Å². The van der Waals surface area contributed by atoms with Crippen LogP contribution in [0, 0.1) is 0 Å². The van der Waals surface area contributed by atoms with Crippen LogP contribution in [-0.2, 0) is 4.79 Å². The summed E-state index contributed by atoms with van der Waals surface area (Å²) in [4.78, 5) is 10.3. The lowest BCUT2D eigenvalue weighted by Crippen LogP contribution is -1.86. The minimum atomic E-state index is -0.990. The Morgan fingerprint density at radius 3 is 2.64 bits per heavy atom. The first-order chi connectivity index (χ1) is 6.52. The molecule has 0 saturated carbocycles. The fraction of sp³-hybridized carbons (Fsp3) is 0. The summed E-state index contributed by atoms with van der Waals surface area (Å²) in [5, 5.41) is 8.97.